The van der Waals surface area contributed by atoms with E-state index in [1.807, 2.05) is 30.1 Å². The molecule has 1 saturated heterocycles. The van der Waals surface area contributed by atoms with Gasteiger partial charge >= 0.3 is 5.97 Å². The molecule has 0 atom stereocenters. The van der Waals surface area contributed by atoms with E-state index in [-0.39, 0.29) is 5.91 Å². The number of aromatic nitrogens is 4. The maximum absolute atomic E-state index is 11.9. The lowest BCUT2D eigenvalue weighted by atomic mass is 10.1. The summed E-state index contributed by atoms with van der Waals surface area (Å²) in [4.78, 5) is 47.7. The Balaban J connectivity index is 1.32. The zero-order chi connectivity index (χ0) is 26.9. The third-order valence-corrected chi connectivity index (χ3v) is 7.69. The molecule has 6 rings (SSSR count). The molecule has 5 heterocycles. The number of benzene rings is 1. The van der Waals surface area contributed by atoms with Gasteiger partial charge in [0, 0.05) is 48.7 Å². The molecule has 0 bridgehead atoms. The van der Waals surface area contributed by atoms with E-state index in [1.54, 1.807) is 18.3 Å². The number of carbonyl (C=O) groups is 2. The van der Waals surface area contributed by atoms with E-state index in [1.165, 1.54) is 12.4 Å². The molecule has 200 valence electrons. The molecule has 0 aliphatic carbocycles. The molecule has 2 aliphatic rings. The normalized spacial score (nSPS) is 14.8. The van der Waals surface area contributed by atoms with Gasteiger partial charge in [0.2, 0.25) is 11.9 Å². The summed E-state index contributed by atoms with van der Waals surface area (Å²) in [5.41, 5.74) is 3.86. The Labute approximate surface area is 228 Å². The van der Waals surface area contributed by atoms with Gasteiger partial charge in [0.1, 0.15) is 0 Å². The molecule has 0 saturated carbocycles. The average Bonchev–Trinajstić information content (AvgIpc) is 3.54. The van der Waals surface area contributed by atoms with Crippen LogP contribution in [-0.4, -0.2) is 71.8 Å². The van der Waals surface area contributed by atoms with Crippen molar-refractivity contribution >= 4 is 50.9 Å². The molecule has 1 fully saturated rings. The average molecular weight is 546 g/mol. The van der Waals surface area contributed by atoms with Gasteiger partial charge in [-0.3, -0.25) is 4.79 Å². The fourth-order valence-corrected chi connectivity index (χ4v) is 5.84. The third-order valence-electron chi connectivity index (χ3n) is 6.59. The standard InChI is InChI=1S/C27H27N7O4S/c1-3-38-26(36)18-13-28-27(29-14-18)33(2)15-19-12-21-23(39-19)25(34-6-8-37-9-7-34)32-24(31-21)16-4-5-20-17(10-16)11-22(35)30-20/h4-5,10,12-14H,3,6-9,11,15H2,1-2H3,(H,30,35). The Morgan fingerprint density at radius 3 is 2.74 bits per heavy atom. The van der Waals surface area contributed by atoms with Crippen molar-refractivity contribution in [1.29, 1.82) is 0 Å². The summed E-state index contributed by atoms with van der Waals surface area (Å²) in [6, 6.07) is 7.94. The number of nitrogens with one attached hydrogen (secondary N) is 1. The number of esters is 1. The number of fused-ring (bicyclic) bond motifs is 2. The molecule has 0 spiro atoms. The summed E-state index contributed by atoms with van der Waals surface area (Å²) in [6.45, 7) is 5.41. The second kappa shape index (κ2) is 10.5. The highest BCUT2D eigenvalue weighted by molar-refractivity contribution is 7.19. The van der Waals surface area contributed by atoms with Crippen molar-refractivity contribution in [1.82, 2.24) is 19.9 Å². The highest BCUT2D eigenvalue weighted by Gasteiger charge is 2.23. The molecule has 2 aliphatic heterocycles. The molecule has 0 radical (unpaired) electrons. The van der Waals surface area contributed by atoms with Gasteiger partial charge in [0.05, 0.1) is 48.6 Å². The molecule has 3 aromatic heterocycles. The maximum atomic E-state index is 11.9. The van der Waals surface area contributed by atoms with Crippen molar-refractivity contribution in [2.75, 3.05) is 55.1 Å². The molecule has 4 aromatic rings. The highest BCUT2D eigenvalue weighted by Crippen LogP contribution is 2.36. The fraction of sp³-hybridized carbons (Fsp3) is 0.333. The van der Waals surface area contributed by atoms with Crippen LogP contribution in [0.4, 0.5) is 17.5 Å². The van der Waals surface area contributed by atoms with Crippen molar-refractivity contribution in [2.24, 2.45) is 0 Å². The van der Waals surface area contributed by atoms with Crippen LogP contribution in [0.15, 0.2) is 36.7 Å². The lowest BCUT2D eigenvalue weighted by Gasteiger charge is -2.28. The lowest BCUT2D eigenvalue weighted by molar-refractivity contribution is -0.115. The summed E-state index contributed by atoms with van der Waals surface area (Å²) < 4.78 is 11.6. The van der Waals surface area contributed by atoms with Crippen molar-refractivity contribution in [2.45, 2.75) is 19.9 Å². The van der Waals surface area contributed by atoms with E-state index in [0.29, 0.717) is 50.1 Å². The Kier molecular flexibility index (Phi) is 6.79. The molecule has 11 nitrogen and oxygen atoms in total. The zero-order valence-electron chi connectivity index (χ0n) is 21.6. The number of hydrogen-bond acceptors (Lipinski definition) is 11. The summed E-state index contributed by atoms with van der Waals surface area (Å²) >= 11 is 1.65. The number of nitrogens with zero attached hydrogens (tertiary/aromatic N) is 6. The number of morpholine rings is 1. The SMILES string of the molecule is CCOC(=O)c1cnc(N(C)Cc2cc3nc(-c4ccc5c(c4)CC(=O)N5)nc(N4CCOCC4)c3s2)nc1. The number of thiophene rings is 1. The van der Waals surface area contributed by atoms with E-state index in [2.05, 4.69) is 26.3 Å². The first-order chi connectivity index (χ1) is 19.0. The van der Waals surface area contributed by atoms with E-state index in [0.717, 1.165) is 50.8 Å². The number of carbonyl (C=O) groups excluding carboxylic acids is 2. The van der Waals surface area contributed by atoms with Gasteiger partial charge in [0.25, 0.3) is 0 Å². The maximum Gasteiger partial charge on any atom is 0.341 e. The van der Waals surface area contributed by atoms with E-state index in [9.17, 15) is 9.59 Å². The predicted molar refractivity (Wildman–Crippen MR) is 148 cm³/mol. The van der Waals surface area contributed by atoms with Crippen LogP contribution < -0.4 is 15.1 Å². The number of hydrogen-bond donors (Lipinski definition) is 1. The fourth-order valence-electron chi connectivity index (χ4n) is 4.67. The summed E-state index contributed by atoms with van der Waals surface area (Å²) in [6.07, 6.45) is 3.32. The minimum Gasteiger partial charge on any atom is -0.462 e. The van der Waals surface area contributed by atoms with Crippen LogP contribution in [-0.2, 0) is 27.2 Å². The number of anilines is 3. The predicted octanol–water partition coefficient (Wildman–Crippen LogP) is 3.29. The summed E-state index contributed by atoms with van der Waals surface area (Å²) in [5.74, 6) is 1.58. The van der Waals surface area contributed by atoms with Crippen LogP contribution in [0.1, 0.15) is 27.7 Å². The first kappa shape index (κ1) is 25.1. The largest absolute Gasteiger partial charge is 0.462 e. The Morgan fingerprint density at radius 2 is 1.97 bits per heavy atom. The second-order valence-corrected chi connectivity index (χ2v) is 10.5. The molecule has 0 unspecified atom stereocenters. The van der Waals surface area contributed by atoms with Crippen LogP contribution in [0.25, 0.3) is 21.6 Å². The smallest absolute Gasteiger partial charge is 0.341 e. The van der Waals surface area contributed by atoms with Crippen LogP contribution in [0.5, 0.6) is 0 Å². The Morgan fingerprint density at radius 1 is 1.18 bits per heavy atom. The molecular weight excluding hydrogens is 518 g/mol. The topological polar surface area (TPSA) is 123 Å². The van der Waals surface area contributed by atoms with Crippen LogP contribution in [0.3, 0.4) is 0 Å². The first-order valence-electron chi connectivity index (χ1n) is 12.7. The second-order valence-electron chi connectivity index (χ2n) is 9.34. The van der Waals surface area contributed by atoms with Gasteiger partial charge in [-0.25, -0.2) is 24.7 Å². The quantitative estimate of drug-likeness (QED) is 0.346. The van der Waals surface area contributed by atoms with E-state index >= 15 is 0 Å². The van der Waals surface area contributed by atoms with Crippen molar-refractivity contribution in [3.8, 4) is 11.4 Å². The monoisotopic (exact) mass is 545 g/mol. The van der Waals surface area contributed by atoms with Crippen molar-refractivity contribution in [3.63, 3.8) is 0 Å². The molecule has 1 aromatic carbocycles. The van der Waals surface area contributed by atoms with Gasteiger partial charge in [-0.1, -0.05) is 0 Å². The molecular formula is C27H27N7O4S. The minimum atomic E-state index is -0.438. The van der Waals surface area contributed by atoms with Crippen LogP contribution >= 0.6 is 11.3 Å². The minimum absolute atomic E-state index is 0.00126. The Hall–Kier alpha value is -4.16. The zero-order valence-corrected chi connectivity index (χ0v) is 22.5. The molecule has 1 amide bonds. The van der Waals surface area contributed by atoms with Crippen molar-refractivity contribution < 1.29 is 19.1 Å². The Bertz CT molecular complexity index is 1550. The molecule has 39 heavy (non-hydrogen) atoms. The van der Waals surface area contributed by atoms with Gasteiger partial charge in [0.15, 0.2) is 11.6 Å². The van der Waals surface area contributed by atoms with Gasteiger partial charge in [-0.05, 0) is 36.8 Å². The van der Waals surface area contributed by atoms with Crippen LogP contribution in [0.2, 0.25) is 0 Å². The number of amides is 1. The summed E-state index contributed by atoms with van der Waals surface area (Å²) in [5, 5.41) is 2.88. The van der Waals surface area contributed by atoms with E-state index in [4.69, 9.17) is 19.4 Å². The molecule has 1 N–H and O–H groups in total. The molecule has 12 heteroatoms. The van der Waals surface area contributed by atoms with Gasteiger partial charge < -0.3 is 24.6 Å². The number of ether oxygens (including phenoxy) is 2. The third kappa shape index (κ3) is 5.12. The lowest BCUT2D eigenvalue weighted by Crippen LogP contribution is -2.36. The van der Waals surface area contributed by atoms with E-state index < -0.39 is 5.97 Å². The number of rotatable bonds is 7. The van der Waals surface area contributed by atoms with Crippen molar-refractivity contribution in [3.05, 3.63) is 52.7 Å². The van der Waals surface area contributed by atoms with Gasteiger partial charge in [-0.2, -0.15) is 0 Å². The summed E-state index contributed by atoms with van der Waals surface area (Å²) in [7, 11) is 1.91. The first-order valence-corrected chi connectivity index (χ1v) is 13.6. The van der Waals surface area contributed by atoms with Crippen LogP contribution in [0, 0.1) is 0 Å². The highest BCUT2D eigenvalue weighted by atomic mass is 32.1. The van der Waals surface area contributed by atoms with Gasteiger partial charge in [-0.15, -0.1) is 11.3 Å².